The fraction of sp³-hybridized carbons (Fsp3) is 0.250. The summed E-state index contributed by atoms with van der Waals surface area (Å²) in [6.07, 6.45) is 0. The lowest BCUT2D eigenvalue weighted by molar-refractivity contribution is 0.312. The van der Waals surface area contributed by atoms with E-state index < -0.39 is 0 Å². The van der Waals surface area contributed by atoms with Crippen LogP contribution in [0.25, 0.3) is 0 Å². The minimum atomic E-state index is 0.0834. The molecule has 0 fully saturated rings. The van der Waals surface area contributed by atoms with Crippen LogP contribution < -0.4 is 10.1 Å². The molecule has 0 unspecified atom stereocenters. The Kier molecular flexibility index (Phi) is 4.76. The number of nitrogens with one attached hydrogen (secondary N) is 1. The molecule has 1 aromatic carbocycles. The molecule has 1 N–H and O–H groups in total. The van der Waals surface area contributed by atoms with E-state index >= 15 is 0 Å². The largest absolute Gasteiger partial charge is 0.464 e. The van der Waals surface area contributed by atoms with Crippen LogP contribution >= 0.6 is 23.2 Å². The van der Waals surface area contributed by atoms with E-state index in [1.807, 2.05) is 31.2 Å². The van der Waals surface area contributed by atoms with Gasteiger partial charge in [0.1, 0.15) is 0 Å². The van der Waals surface area contributed by atoms with Crippen molar-refractivity contribution in [3.8, 4) is 6.01 Å². The van der Waals surface area contributed by atoms with Crippen molar-refractivity contribution in [2.24, 2.45) is 0 Å². The van der Waals surface area contributed by atoms with Crippen LogP contribution in [-0.4, -0.2) is 21.6 Å². The summed E-state index contributed by atoms with van der Waals surface area (Å²) in [5.74, 6) is 0.350. The number of hydrogen-bond acceptors (Lipinski definition) is 5. The van der Waals surface area contributed by atoms with E-state index in [0.29, 0.717) is 24.1 Å². The van der Waals surface area contributed by atoms with Gasteiger partial charge in [-0.1, -0.05) is 29.8 Å². The normalized spacial score (nSPS) is 10.3. The Bertz CT molecular complexity index is 565. The van der Waals surface area contributed by atoms with E-state index in [0.717, 1.165) is 5.56 Å². The van der Waals surface area contributed by atoms with Crippen molar-refractivity contribution < 1.29 is 4.74 Å². The van der Waals surface area contributed by atoms with Gasteiger partial charge < -0.3 is 10.1 Å². The zero-order chi connectivity index (χ0) is 13.7. The molecule has 0 aliphatic carbocycles. The molecule has 1 aromatic heterocycles. The predicted octanol–water partition coefficient (Wildman–Crippen LogP) is 3.19. The molecule has 5 nitrogen and oxygen atoms in total. The first-order valence-corrected chi connectivity index (χ1v) is 6.46. The van der Waals surface area contributed by atoms with Crippen molar-refractivity contribution in [3.63, 3.8) is 0 Å². The number of halogens is 2. The summed E-state index contributed by atoms with van der Waals surface area (Å²) >= 11 is 11.8. The van der Waals surface area contributed by atoms with Gasteiger partial charge in [-0.05, 0) is 30.2 Å². The zero-order valence-corrected chi connectivity index (χ0v) is 11.7. The van der Waals surface area contributed by atoms with Crippen molar-refractivity contribution >= 4 is 29.2 Å². The maximum Gasteiger partial charge on any atom is 0.322 e. The molecule has 0 aliphatic rings. The van der Waals surface area contributed by atoms with Crippen molar-refractivity contribution in [2.45, 2.75) is 13.5 Å². The van der Waals surface area contributed by atoms with Gasteiger partial charge >= 0.3 is 6.01 Å². The maximum atomic E-state index is 6.06. The van der Waals surface area contributed by atoms with Gasteiger partial charge in [0.2, 0.25) is 11.2 Å². The van der Waals surface area contributed by atoms with Gasteiger partial charge in [-0.25, -0.2) is 0 Å². The van der Waals surface area contributed by atoms with Crippen LogP contribution in [0.15, 0.2) is 24.3 Å². The van der Waals surface area contributed by atoms with E-state index in [4.69, 9.17) is 27.9 Å². The van der Waals surface area contributed by atoms with Gasteiger partial charge in [0.25, 0.3) is 0 Å². The first-order chi connectivity index (χ1) is 9.19. The average Bonchev–Trinajstić information content (AvgIpc) is 2.37. The van der Waals surface area contributed by atoms with Gasteiger partial charge in [-0.2, -0.15) is 15.0 Å². The van der Waals surface area contributed by atoms with Crippen LogP contribution in [0.1, 0.15) is 12.5 Å². The lowest BCUT2D eigenvalue weighted by Gasteiger charge is -2.08. The highest BCUT2D eigenvalue weighted by Crippen LogP contribution is 2.17. The summed E-state index contributed by atoms with van der Waals surface area (Å²) < 4.78 is 5.19. The van der Waals surface area contributed by atoms with E-state index in [1.165, 1.54) is 0 Å². The van der Waals surface area contributed by atoms with Crippen LogP contribution in [0, 0.1) is 0 Å². The lowest BCUT2D eigenvalue weighted by atomic mass is 10.2. The molecule has 0 saturated carbocycles. The fourth-order valence-corrected chi connectivity index (χ4v) is 1.78. The topological polar surface area (TPSA) is 59.9 Å². The Morgan fingerprint density at radius 3 is 2.68 bits per heavy atom. The standard InChI is InChI=1S/C12H12Cl2N4O/c1-2-19-12-17-10(14)16-11(18-12)15-7-8-5-3-4-6-9(8)13/h3-6H,2,7H2,1H3,(H,15,16,17,18). The van der Waals surface area contributed by atoms with Crippen LogP contribution in [-0.2, 0) is 6.54 Å². The Labute approximate surface area is 121 Å². The monoisotopic (exact) mass is 298 g/mol. The highest BCUT2D eigenvalue weighted by Gasteiger charge is 2.06. The summed E-state index contributed by atoms with van der Waals surface area (Å²) in [7, 11) is 0. The number of aromatic nitrogens is 3. The summed E-state index contributed by atoms with van der Waals surface area (Å²) in [6.45, 7) is 2.80. The molecule has 0 radical (unpaired) electrons. The van der Waals surface area contributed by atoms with E-state index in [-0.39, 0.29) is 11.3 Å². The molecule has 0 spiro atoms. The Hall–Kier alpha value is -1.59. The minimum Gasteiger partial charge on any atom is -0.464 e. The molecule has 0 atom stereocenters. The van der Waals surface area contributed by atoms with Crippen LogP contribution in [0.5, 0.6) is 6.01 Å². The second-order valence-corrected chi connectivity index (χ2v) is 4.33. The lowest BCUT2D eigenvalue weighted by Crippen LogP contribution is -2.07. The van der Waals surface area contributed by atoms with Gasteiger partial charge in [0.05, 0.1) is 6.61 Å². The Morgan fingerprint density at radius 1 is 1.16 bits per heavy atom. The molecule has 1 heterocycles. The summed E-state index contributed by atoms with van der Waals surface area (Å²) in [6, 6.07) is 7.73. The first-order valence-electron chi connectivity index (χ1n) is 5.70. The molecular weight excluding hydrogens is 287 g/mol. The van der Waals surface area contributed by atoms with Crippen LogP contribution in [0.3, 0.4) is 0 Å². The predicted molar refractivity (Wildman–Crippen MR) is 74.8 cm³/mol. The van der Waals surface area contributed by atoms with Crippen molar-refractivity contribution in [1.82, 2.24) is 15.0 Å². The summed E-state index contributed by atoms with van der Waals surface area (Å²) in [4.78, 5) is 11.9. The second-order valence-electron chi connectivity index (χ2n) is 3.59. The molecule has 100 valence electrons. The molecule has 0 amide bonds. The third-order valence-corrected chi connectivity index (χ3v) is 2.79. The van der Waals surface area contributed by atoms with Gasteiger partial charge in [0.15, 0.2) is 0 Å². The Balaban J connectivity index is 2.09. The number of benzene rings is 1. The zero-order valence-electron chi connectivity index (χ0n) is 10.2. The fourth-order valence-electron chi connectivity index (χ4n) is 1.42. The van der Waals surface area contributed by atoms with Gasteiger partial charge in [-0.3, -0.25) is 0 Å². The quantitative estimate of drug-likeness (QED) is 0.918. The number of nitrogens with zero attached hydrogens (tertiary/aromatic N) is 3. The highest BCUT2D eigenvalue weighted by molar-refractivity contribution is 6.31. The third-order valence-electron chi connectivity index (χ3n) is 2.26. The number of anilines is 1. The Morgan fingerprint density at radius 2 is 1.95 bits per heavy atom. The highest BCUT2D eigenvalue weighted by atomic mass is 35.5. The van der Waals surface area contributed by atoms with Crippen LogP contribution in [0.2, 0.25) is 10.3 Å². The van der Waals surface area contributed by atoms with Gasteiger partial charge in [0, 0.05) is 11.6 Å². The minimum absolute atomic E-state index is 0.0834. The molecule has 2 rings (SSSR count). The van der Waals surface area contributed by atoms with Crippen molar-refractivity contribution in [1.29, 1.82) is 0 Å². The third kappa shape index (κ3) is 3.94. The number of ether oxygens (including phenoxy) is 1. The molecular formula is C12H12Cl2N4O. The molecule has 0 saturated heterocycles. The van der Waals surface area contributed by atoms with Crippen molar-refractivity contribution in [3.05, 3.63) is 40.1 Å². The summed E-state index contributed by atoms with van der Waals surface area (Å²) in [5, 5.41) is 3.79. The van der Waals surface area contributed by atoms with Crippen molar-refractivity contribution in [2.75, 3.05) is 11.9 Å². The number of hydrogen-bond donors (Lipinski definition) is 1. The summed E-state index contributed by atoms with van der Waals surface area (Å²) in [5.41, 5.74) is 0.943. The maximum absolute atomic E-state index is 6.06. The smallest absolute Gasteiger partial charge is 0.322 e. The van der Waals surface area contributed by atoms with E-state index in [1.54, 1.807) is 0 Å². The van der Waals surface area contributed by atoms with E-state index in [2.05, 4.69) is 20.3 Å². The first kappa shape index (κ1) is 13.8. The SMILES string of the molecule is CCOc1nc(Cl)nc(NCc2ccccc2Cl)n1. The average molecular weight is 299 g/mol. The molecule has 7 heteroatoms. The van der Waals surface area contributed by atoms with E-state index in [9.17, 15) is 0 Å². The van der Waals surface area contributed by atoms with Gasteiger partial charge in [-0.15, -0.1) is 0 Å². The molecule has 0 bridgehead atoms. The molecule has 2 aromatic rings. The molecule has 19 heavy (non-hydrogen) atoms. The number of rotatable bonds is 5. The second kappa shape index (κ2) is 6.54. The van der Waals surface area contributed by atoms with Crippen LogP contribution in [0.4, 0.5) is 5.95 Å². The molecule has 0 aliphatic heterocycles.